The van der Waals surface area contributed by atoms with Gasteiger partial charge in [0.1, 0.15) is 11.6 Å². The van der Waals surface area contributed by atoms with Crippen LogP contribution in [-0.4, -0.2) is 44.8 Å². The number of hydrogen-bond acceptors (Lipinski definition) is 5. The van der Waals surface area contributed by atoms with Crippen LogP contribution in [0.25, 0.3) is 0 Å². The molecule has 0 saturated carbocycles. The summed E-state index contributed by atoms with van der Waals surface area (Å²) >= 11 is 1.19. The zero-order valence-electron chi connectivity index (χ0n) is 8.29. The molecule has 1 saturated heterocycles. The fraction of sp³-hybridized carbons (Fsp3) is 0.500. The summed E-state index contributed by atoms with van der Waals surface area (Å²) in [6.45, 7) is 0.460. The maximum Gasteiger partial charge on any atom is 0.326 e. The smallest absolute Gasteiger partial charge is 0.326 e. The molecule has 1 aromatic rings. The molecule has 0 aliphatic carbocycles. The van der Waals surface area contributed by atoms with Crippen LogP contribution in [0.15, 0.2) is 5.51 Å². The largest absolute Gasteiger partial charge is 0.480 e. The van der Waals surface area contributed by atoms with Gasteiger partial charge < -0.3 is 10.0 Å². The van der Waals surface area contributed by atoms with E-state index < -0.39 is 18.0 Å². The maximum atomic E-state index is 11.7. The van der Waals surface area contributed by atoms with E-state index in [2.05, 4.69) is 15.5 Å². The number of carbonyl (C=O) groups is 2. The van der Waals surface area contributed by atoms with Crippen LogP contribution in [0.3, 0.4) is 0 Å². The van der Waals surface area contributed by atoms with Gasteiger partial charge in [0.05, 0.1) is 0 Å². The van der Waals surface area contributed by atoms with E-state index in [1.807, 2.05) is 0 Å². The second kappa shape index (κ2) is 4.44. The van der Waals surface area contributed by atoms with Crippen molar-refractivity contribution < 1.29 is 14.7 Å². The molecule has 1 fully saturated rings. The molecule has 1 aromatic heterocycles. The molecule has 1 aliphatic heterocycles. The van der Waals surface area contributed by atoms with Crippen molar-refractivity contribution in [1.82, 2.24) is 15.1 Å². The Morgan fingerprint density at radius 1 is 1.62 bits per heavy atom. The van der Waals surface area contributed by atoms with Crippen molar-refractivity contribution in [1.29, 1.82) is 0 Å². The minimum Gasteiger partial charge on any atom is -0.480 e. The maximum absolute atomic E-state index is 11.7. The number of amides is 2. The van der Waals surface area contributed by atoms with Crippen molar-refractivity contribution in [2.45, 2.75) is 18.9 Å². The number of carboxylic acid groups (broad SMARTS) is 1. The quantitative estimate of drug-likeness (QED) is 0.792. The highest BCUT2D eigenvalue weighted by atomic mass is 32.1. The zero-order valence-corrected chi connectivity index (χ0v) is 9.11. The summed E-state index contributed by atoms with van der Waals surface area (Å²) in [5.41, 5.74) is 1.49. The third-order valence-corrected chi connectivity index (χ3v) is 2.98. The Morgan fingerprint density at radius 2 is 2.44 bits per heavy atom. The SMILES string of the molecule is O=C(O)[C@@H]1CCCN1C(=O)Nc1nncs1. The van der Waals surface area contributed by atoms with Crippen LogP contribution in [0.5, 0.6) is 0 Å². The first-order valence-corrected chi connectivity index (χ1v) is 5.63. The molecular weight excluding hydrogens is 232 g/mol. The highest BCUT2D eigenvalue weighted by Crippen LogP contribution is 2.19. The van der Waals surface area contributed by atoms with Crippen LogP contribution in [-0.2, 0) is 4.79 Å². The van der Waals surface area contributed by atoms with Crippen molar-refractivity contribution in [3.05, 3.63) is 5.51 Å². The van der Waals surface area contributed by atoms with Crippen LogP contribution >= 0.6 is 11.3 Å². The second-order valence-electron chi connectivity index (χ2n) is 3.36. The average molecular weight is 242 g/mol. The van der Waals surface area contributed by atoms with Gasteiger partial charge in [-0.05, 0) is 12.8 Å². The van der Waals surface area contributed by atoms with Crippen LogP contribution in [0, 0.1) is 0 Å². The number of likely N-dealkylation sites (tertiary alicyclic amines) is 1. The first kappa shape index (κ1) is 10.8. The molecule has 0 aromatic carbocycles. The third kappa shape index (κ3) is 2.11. The minimum atomic E-state index is -0.968. The topological polar surface area (TPSA) is 95.4 Å². The number of anilines is 1. The van der Waals surface area contributed by atoms with Crippen molar-refractivity contribution >= 4 is 28.5 Å². The monoisotopic (exact) mass is 242 g/mol. The molecule has 0 radical (unpaired) electrons. The first-order valence-electron chi connectivity index (χ1n) is 4.75. The molecule has 2 heterocycles. The summed E-state index contributed by atoms with van der Waals surface area (Å²) in [4.78, 5) is 23.9. The van der Waals surface area contributed by atoms with Gasteiger partial charge in [-0.3, -0.25) is 5.32 Å². The molecule has 7 nitrogen and oxygen atoms in total. The van der Waals surface area contributed by atoms with E-state index in [-0.39, 0.29) is 0 Å². The summed E-state index contributed by atoms with van der Waals surface area (Å²) in [7, 11) is 0. The standard InChI is InChI=1S/C8H10N4O3S/c13-6(14)5-2-1-3-12(5)8(15)10-7-11-9-4-16-7/h4-5H,1-3H2,(H,13,14)(H,10,11,15)/t5-/m0/s1. The van der Waals surface area contributed by atoms with Gasteiger partial charge in [0.25, 0.3) is 0 Å². The highest BCUT2D eigenvalue weighted by molar-refractivity contribution is 7.13. The minimum absolute atomic E-state index is 0.376. The Balaban J connectivity index is 2.01. The molecular formula is C8H10N4O3S. The van der Waals surface area contributed by atoms with Crippen molar-refractivity contribution in [2.75, 3.05) is 11.9 Å². The molecule has 2 N–H and O–H groups in total. The Morgan fingerprint density at radius 3 is 3.06 bits per heavy atom. The molecule has 1 aliphatic rings. The number of carboxylic acids is 1. The predicted octanol–water partition coefficient (Wildman–Crippen LogP) is 0.619. The Labute approximate surface area is 95.1 Å². The molecule has 2 rings (SSSR count). The Hall–Kier alpha value is -1.70. The van der Waals surface area contributed by atoms with Gasteiger partial charge in [-0.25, -0.2) is 9.59 Å². The summed E-state index contributed by atoms with van der Waals surface area (Å²) in [6, 6.07) is -1.16. The number of aliphatic carboxylic acids is 1. The zero-order chi connectivity index (χ0) is 11.5. The van der Waals surface area contributed by atoms with Crippen LogP contribution in [0.4, 0.5) is 9.93 Å². The predicted molar refractivity (Wildman–Crippen MR) is 56.3 cm³/mol. The highest BCUT2D eigenvalue weighted by Gasteiger charge is 2.34. The first-order chi connectivity index (χ1) is 7.68. The summed E-state index contributed by atoms with van der Waals surface area (Å²) in [6.07, 6.45) is 1.21. The van der Waals surface area contributed by atoms with E-state index in [4.69, 9.17) is 5.11 Å². The molecule has 0 unspecified atom stereocenters. The number of aromatic nitrogens is 2. The van der Waals surface area contributed by atoms with E-state index in [9.17, 15) is 9.59 Å². The van der Waals surface area contributed by atoms with E-state index in [0.717, 1.165) is 0 Å². The summed E-state index contributed by atoms with van der Waals surface area (Å²) < 4.78 is 0. The van der Waals surface area contributed by atoms with Crippen molar-refractivity contribution in [2.24, 2.45) is 0 Å². The van der Waals surface area contributed by atoms with Gasteiger partial charge in [-0.1, -0.05) is 11.3 Å². The van der Waals surface area contributed by atoms with Crippen LogP contribution in [0.1, 0.15) is 12.8 Å². The normalized spacial score (nSPS) is 19.8. The molecule has 0 spiro atoms. The lowest BCUT2D eigenvalue weighted by Gasteiger charge is -2.20. The number of nitrogens with one attached hydrogen (secondary N) is 1. The summed E-state index contributed by atoms with van der Waals surface area (Å²) in [5.74, 6) is -0.968. The lowest BCUT2D eigenvalue weighted by Crippen LogP contribution is -2.42. The van der Waals surface area contributed by atoms with E-state index in [1.165, 1.54) is 21.7 Å². The van der Waals surface area contributed by atoms with E-state index in [0.29, 0.717) is 24.5 Å². The van der Waals surface area contributed by atoms with E-state index >= 15 is 0 Å². The number of urea groups is 1. The van der Waals surface area contributed by atoms with Gasteiger partial charge in [0.15, 0.2) is 0 Å². The van der Waals surface area contributed by atoms with Gasteiger partial charge in [0.2, 0.25) is 5.13 Å². The molecule has 1 atom stereocenters. The van der Waals surface area contributed by atoms with Gasteiger partial charge in [-0.15, -0.1) is 10.2 Å². The fourth-order valence-corrected chi connectivity index (χ4v) is 2.09. The average Bonchev–Trinajstić information content (AvgIpc) is 2.86. The van der Waals surface area contributed by atoms with Crippen LogP contribution in [0.2, 0.25) is 0 Å². The lowest BCUT2D eigenvalue weighted by atomic mass is 10.2. The lowest BCUT2D eigenvalue weighted by molar-refractivity contribution is -0.141. The van der Waals surface area contributed by atoms with Gasteiger partial charge in [-0.2, -0.15) is 0 Å². The number of rotatable bonds is 2. The molecule has 86 valence electrons. The van der Waals surface area contributed by atoms with Crippen molar-refractivity contribution in [3.63, 3.8) is 0 Å². The number of nitrogens with zero attached hydrogens (tertiary/aromatic N) is 3. The Bertz CT molecular complexity index is 394. The fourth-order valence-electron chi connectivity index (χ4n) is 1.66. The van der Waals surface area contributed by atoms with Gasteiger partial charge in [0, 0.05) is 6.54 Å². The molecule has 16 heavy (non-hydrogen) atoms. The number of hydrogen-bond donors (Lipinski definition) is 2. The molecule has 8 heteroatoms. The van der Waals surface area contributed by atoms with Gasteiger partial charge >= 0.3 is 12.0 Å². The summed E-state index contributed by atoms with van der Waals surface area (Å²) in [5, 5.41) is 19.0. The Kier molecular flexibility index (Phi) is 3.00. The third-order valence-electron chi connectivity index (χ3n) is 2.37. The molecule has 0 bridgehead atoms. The van der Waals surface area contributed by atoms with Crippen LogP contribution < -0.4 is 5.32 Å². The molecule has 2 amide bonds. The second-order valence-corrected chi connectivity index (χ2v) is 4.20. The number of carbonyl (C=O) groups excluding carboxylic acids is 1. The van der Waals surface area contributed by atoms with Crippen molar-refractivity contribution in [3.8, 4) is 0 Å². The van der Waals surface area contributed by atoms with E-state index in [1.54, 1.807) is 0 Å².